The quantitative estimate of drug-likeness (QED) is 0.717. The molecule has 0 radical (unpaired) electrons. The van der Waals surface area contributed by atoms with Crippen molar-refractivity contribution < 1.29 is 0 Å². The summed E-state index contributed by atoms with van der Waals surface area (Å²) in [7, 11) is 0. The molecule has 0 bridgehead atoms. The van der Waals surface area contributed by atoms with Crippen molar-refractivity contribution in [2.24, 2.45) is 0 Å². The average molecular weight is 206 g/mol. The number of aryl methyl sites for hydroxylation is 1. The molecule has 14 heavy (non-hydrogen) atoms. The van der Waals surface area contributed by atoms with Crippen LogP contribution in [-0.4, -0.2) is 9.38 Å². The second-order valence-electron chi connectivity index (χ2n) is 3.14. The zero-order valence-corrected chi connectivity index (χ0v) is 8.41. The van der Waals surface area contributed by atoms with Gasteiger partial charge in [-0.1, -0.05) is 11.6 Å². The molecule has 2 heterocycles. The first-order valence-electron chi connectivity index (χ1n) is 4.21. The Bertz CT molecular complexity index is 522. The number of pyridine rings is 1. The van der Waals surface area contributed by atoms with Gasteiger partial charge in [-0.3, -0.25) is 0 Å². The van der Waals surface area contributed by atoms with Crippen LogP contribution in [0.2, 0.25) is 5.02 Å². The summed E-state index contributed by atoms with van der Waals surface area (Å²) in [6, 6.07) is 3.93. The van der Waals surface area contributed by atoms with Crippen molar-refractivity contribution in [3.05, 3.63) is 34.7 Å². The fraction of sp³-hybridized carbons (Fsp3) is 0.200. The summed E-state index contributed by atoms with van der Waals surface area (Å²) in [6.45, 7) is 1.95. The van der Waals surface area contributed by atoms with Crippen molar-refractivity contribution in [1.29, 1.82) is 5.26 Å². The summed E-state index contributed by atoms with van der Waals surface area (Å²) in [5.74, 6) is 0. The first-order valence-corrected chi connectivity index (χ1v) is 4.59. The number of nitriles is 1. The Morgan fingerprint density at radius 1 is 1.57 bits per heavy atom. The van der Waals surface area contributed by atoms with Gasteiger partial charge in [0.25, 0.3) is 0 Å². The lowest BCUT2D eigenvalue weighted by Crippen LogP contribution is -1.85. The van der Waals surface area contributed by atoms with Crippen LogP contribution in [-0.2, 0) is 6.42 Å². The molecule has 0 spiro atoms. The standard InChI is InChI=1S/C10H8ClN3/c1-7-4-8(11)5-14-6-9(2-3-12)13-10(7)14/h4-6H,2H2,1H3. The lowest BCUT2D eigenvalue weighted by atomic mass is 10.3. The molecule has 0 fully saturated rings. The van der Waals surface area contributed by atoms with Gasteiger partial charge >= 0.3 is 0 Å². The molecule has 0 atom stereocenters. The van der Waals surface area contributed by atoms with Gasteiger partial charge < -0.3 is 4.40 Å². The Kier molecular flexibility index (Phi) is 2.14. The van der Waals surface area contributed by atoms with E-state index in [1.165, 1.54) is 0 Å². The van der Waals surface area contributed by atoms with Gasteiger partial charge in [0.1, 0.15) is 5.65 Å². The Morgan fingerprint density at radius 3 is 3.07 bits per heavy atom. The van der Waals surface area contributed by atoms with E-state index in [1.807, 2.05) is 23.6 Å². The molecule has 2 aromatic rings. The predicted octanol–water partition coefficient (Wildman–Crippen LogP) is 2.36. The minimum atomic E-state index is 0.332. The fourth-order valence-electron chi connectivity index (χ4n) is 1.44. The van der Waals surface area contributed by atoms with Gasteiger partial charge in [-0.05, 0) is 18.6 Å². The van der Waals surface area contributed by atoms with Crippen molar-refractivity contribution in [2.45, 2.75) is 13.3 Å². The van der Waals surface area contributed by atoms with Crippen molar-refractivity contribution in [1.82, 2.24) is 9.38 Å². The topological polar surface area (TPSA) is 41.1 Å². The van der Waals surface area contributed by atoms with Gasteiger partial charge in [0.15, 0.2) is 0 Å². The minimum absolute atomic E-state index is 0.332. The van der Waals surface area contributed by atoms with Crippen molar-refractivity contribution in [3.63, 3.8) is 0 Å². The van der Waals surface area contributed by atoms with Crippen LogP contribution in [0.3, 0.4) is 0 Å². The van der Waals surface area contributed by atoms with Crippen molar-refractivity contribution >= 4 is 17.2 Å². The van der Waals surface area contributed by atoms with Crippen LogP contribution in [0.15, 0.2) is 18.5 Å². The number of imidazole rings is 1. The lowest BCUT2D eigenvalue weighted by Gasteiger charge is -1.97. The highest BCUT2D eigenvalue weighted by molar-refractivity contribution is 6.30. The first-order chi connectivity index (χ1) is 6.70. The zero-order valence-electron chi connectivity index (χ0n) is 7.66. The predicted molar refractivity (Wildman–Crippen MR) is 54.3 cm³/mol. The lowest BCUT2D eigenvalue weighted by molar-refractivity contribution is 1.15. The van der Waals surface area contributed by atoms with Crippen LogP contribution in [0, 0.1) is 18.3 Å². The molecule has 4 heteroatoms. The monoisotopic (exact) mass is 205 g/mol. The molecule has 0 aliphatic heterocycles. The van der Waals surface area contributed by atoms with Crippen molar-refractivity contribution in [2.75, 3.05) is 0 Å². The molecule has 0 aliphatic rings. The van der Waals surface area contributed by atoms with Crippen LogP contribution < -0.4 is 0 Å². The third-order valence-corrected chi connectivity index (χ3v) is 2.22. The summed E-state index contributed by atoms with van der Waals surface area (Å²) < 4.78 is 1.85. The number of fused-ring (bicyclic) bond motifs is 1. The highest BCUT2D eigenvalue weighted by Crippen LogP contribution is 2.16. The Balaban J connectivity index is 2.66. The van der Waals surface area contributed by atoms with E-state index in [1.54, 1.807) is 6.20 Å². The third kappa shape index (κ3) is 1.45. The van der Waals surface area contributed by atoms with E-state index < -0.39 is 0 Å². The molecule has 0 N–H and O–H groups in total. The molecule has 0 aliphatic carbocycles. The van der Waals surface area contributed by atoms with E-state index in [2.05, 4.69) is 11.1 Å². The molecule has 0 saturated carbocycles. The molecule has 0 aromatic carbocycles. The highest BCUT2D eigenvalue weighted by atomic mass is 35.5. The molecule has 0 saturated heterocycles. The average Bonchev–Trinajstić information content (AvgIpc) is 2.48. The summed E-state index contributed by atoms with van der Waals surface area (Å²) in [6.07, 6.45) is 3.95. The molecular formula is C10H8ClN3. The molecule has 2 rings (SSSR count). The van der Waals surface area contributed by atoms with Gasteiger partial charge in [0.05, 0.1) is 23.2 Å². The SMILES string of the molecule is Cc1cc(Cl)cn2cc(CC#N)nc12. The van der Waals surface area contributed by atoms with Crippen LogP contribution >= 0.6 is 11.6 Å². The third-order valence-electron chi connectivity index (χ3n) is 2.01. The van der Waals surface area contributed by atoms with Crippen LogP contribution in [0.4, 0.5) is 0 Å². The smallest absolute Gasteiger partial charge is 0.140 e. The van der Waals surface area contributed by atoms with E-state index >= 15 is 0 Å². The molecule has 3 nitrogen and oxygen atoms in total. The number of hydrogen-bond donors (Lipinski definition) is 0. The van der Waals surface area contributed by atoms with Crippen LogP contribution in [0.1, 0.15) is 11.3 Å². The molecular weight excluding hydrogens is 198 g/mol. The molecule has 70 valence electrons. The number of aromatic nitrogens is 2. The summed E-state index contributed by atoms with van der Waals surface area (Å²) >= 11 is 5.90. The number of hydrogen-bond acceptors (Lipinski definition) is 2. The van der Waals surface area contributed by atoms with E-state index in [0.717, 1.165) is 16.9 Å². The number of halogens is 1. The van der Waals surface area contributed by atoms with Gasteiger partial charge in [0.2, 0.25) is 0 Å². The normalized spacial score (nSPS) is 10.4. The maximum absolute atomic E-state index is 8.54. The van der Waals surface area contributed by atoms with Gasteiger partial charge in [-0.2, -0.15) is 5.26 Å². The van der Waals surface area contributed by atoms with Crippen LogP contribution in [0.5, 0.6) is 0 Å². The summed E-state index contributed by atoms with van der Waals surface area (Å²) in [5.41, 5.74) is 2.65. The highest BCUT2D eigenvalue weighted by Gasteiger charge is 2.04. The molecule has 0 unspecified atom stereocenters. The second kappa shape index (κ2) is 3.32. The number of nitrogens with zero attached hydrogens (tertiary/aromatic N) is 3. The number of rotatable bonds is 1. The fourth-order valence-corrected chi connectivity index (χ4v) is 1.71. The van der Waals surface area contributed by atoms with Gasteiger partial charge in [-0.25, -0.2) is 4.98 Å². The van der Waals surface area contributed by atoms with Crippen molar-refractivity contribution in [3.8, 4) is 6.07 Å². The summed E-state index contributed by atoms with van der Waals surface area (Å²) in [5, 5.41) is 9.22. The van der Waals surface area contributed by atoms with E-state index in [-0.39, 0.29) is 0 Å². The Hall–Kier alpha value is -1.53. The van der Waals surface area contributed by atoms with Gasteiger partial charge in [-0.15, -0.1) is 0 Å². The maximum Gasteiger partial charge on any atom is 0.140 e. The second-order valence-corrected chi connectivity index (χ2v) is 3.58. The van der Waals surface area contributed by atoms with Gasteiger partial charge in [0, 0.05) is 12.4 Å². The largest absolute Gasteiger partial charge is 0.305 e. The first kappa shape index (κ1) is 9.04. The zero-order chi connectivity index (χ0) is 10.1. The molecule has 2 aromatic heterocycles. The maximum atomic E-state index is 8.54. The summed E-state index contributed by atoms with van der Waals surface area (Å²) in [4.78, 5) is 4.32. The minimum Gasteiger partial charge on any atom is -0.305 e. The van der Waals surface area contributed by atoms with Crippen LogP contribution in [0.25, 0.3) is 5.65 Å². The van der Waals surface area contributed by atoms with E-state index in [4.69, 9.17) is 16.9 Å². The van der Waals surface area contributed by atoms with E-state index in [9.17, 15) is 0 Å². The Morgan fingerprint density at radius 2 is 2.36 bits per heavy atom. The molecule has 0 amide bonds. The Labute approximate surface area is 86.6 Å². The van der Waals surface area contributed by atoms with E-state index in [0.29, 0.717) is 11.4 Å².